The highest BCUT2D eigenvalue weighted by Crippen LogP contribution is 2.13. The molecule has 0 aliphatic carbocycles. The van der Waals surface area contributed by atoms with Crippen molar-refractivity contribution in [2.75, 3.05) is 19.1 Å². The van der Waals surface area contributed by atoms with Gasteiger partial charge < -0.3 is 9.47 Å². The molecule has 0 saturated heterocycles. The molecule has 0 unspecified atom stereocenters. The summed E-state index contributed by atoms with van der Waals surface area (Å²) in [6, 6.07) is 7.74. The van der Waals surface area contributed by atoms with Gasteiger partial charge in [0.25, 0.3) is 0 Å². The van der Waals surface area contributed by atoms with Gasteiger partial charge in [0, 0.05) is 17.9 Å². The Morgan fingerprint density at radius 1 is 1.21 bits per heavy atom. The van der Waals surface area contributed by atoms with E-state index in [1.165, 1.54) is 0 Å². The van der Waals surface area contributed by atoms with Crippen LogP contribution in [0.1, 0.15) is 32.8 Å². The molecular formula is C16H21ClO2. The summed E-state index contributed by atoms with van der Waals surface area (Å²) in [5, 5.41) is 0. The van der Waals surface area contributed by atoms with Gasteiger partial charge in [-0.25, -0.2) is 0 Å². The van der Waals surface area contributed by atoms with Crippen molar-refractivity contribution in [1.82, 2.24) is 0 Å². The van der Waals surface area contributed by atoms with E-state index in [2.05, 4.69) is 11.8 Å². The maximum atomic E-state index is 5.63. The second-order valence-corrected chi connectivity index (χ2v) is 5.46. The second kappa shape index (κ2) is 8.09. The Bertz CT molecular complexity index is 438. The zero-order valence-corrected chi connectivity index (χ0v) is 12.6. The summed E-state index contributed by atoms with van der Waals surface area (Å²) >= 11 is 5.58. The predicted octanol–water partition coefficient (Wildman–Crippen LogP) is 3.86. The van der Waals surface area contributed by atoms with Gasteiger partial charge in [-0.1, -0.05) is 17.9 Å². The molecular weight excluding hydrogens is 260 g/mol. The smallest absolute Gasteiger partial charge is 0.120 e. The average Bonchev–Trinajstić information content (AvgIpc) is 2.35. The highest BCUT2D eigenvalue weighted by Gasteiger charge is 2.09. The van der Waals surface area contributed by atoms with E-state index in [4.69, 9.17) is 21.1 Å². The third kappa shape index (κ3) is 7.77. The van der Waals surface area contributed by atoms with Crippen molar-refractivity contribution in [3.8, 4) is 17.6 Å². The minimum atomic E-state index is -0.127. The molecule has 0 spiro atoms. The summed E-state index contributed by atoms with van der Waals surface area (Å²) in [6.45, 7) is 7.20. The molecule has 0 heterocycles. The van der Waals surface area contributed by atoms with Crippen LogP contribution in [0.4, 0.5) is 0 Å². The van der Waals surface area contributed by atoms with E-state index in [0.717, 1.165) is 11.3 Å². The standard InChI is InChI=1S/C16H21ClO2/c1-16(2,3)19-12-11-18-15-9-6-8-14(13-15)7-4-5-10-17/h6,8-9,13H,5,10-12H2,1-3H3. The fourth-order valence-electron chi connectivity index (χ4n) is 1.38. The molecule has 1 rings (SSSR count). The summed E-state index contributed by atoms with van der Waals surface area (Å²) in [5.41, 5.74) is 0.817. The Hall–Kier alpha value is -1.17. The topological polar surface area (TPSA) is 18.5 Å². The quantitative estimate of drug-likeness (QED) is 0.463. The third-order valence-electron chi connectivity index (χ3n) is 2.17. The van der Waals surface area contributed by atoms with Crippen molar-refractivity contribution < 1.29 is 9.47 Å². The lowest BCUT2D eigenvalue weighted by Crippen LogP contribution is -2.22. The van der Waals surface area contributed by atoms with Crippen LogP contribution in [0.25, 0.3) is 0 Å². The van der Waals surface area contributed by atoms with Crippen LogP contribution in [0.2, 0.25) is 0 Å². The molecule has 1 aromatic carbocycles. The van der Waals surface area contributed by atoms with Crippen LogP contribution >= 0.6 is 11.6 Å². The molecule has 1 aromatic rings. The fraction of sp³-hybridized carbons (Fsp3) is 0.500. The van der Waals surface area contributed by atoms with Gasteiger partial charge in [-0.05, 0) is 39.0 Å². The monoisotopic (exact) mass is 280 g/mol. The summed E-state index contributed by atoms with van der Waals surface area (Å²) in [5.74, 6) is 7.44. The van der Waals surface area contributed by atoms with E-state index >= 15 is 0 Å². The lowest BCUT2D eigenvalue weighted by molar-refractivity contribution is -0.0163. The van der Waals surface area contributed by atoms with Crippen LogP contribution < -0.4 is 4.74 Å². The maximum absolute atomic E-state index is 5.63. The largest absolute Gasteiger partial charge is 0.491 e. The summed E-state index contributed by atoms with van der Waals surface area (Å²) < 4.78 is 11.2. The zero-order chi connectivity index (χ0) is 14.1. The van der Waals surface area contributed by atoms with E-state index in [1.54, 1.807) is 0 Å². The van der Waals surface area contributed by atoms with Gasteiger partial charge in [0.05, 0.1) is 12.2 Å². The number of benzene rings is 1. The van der Waals surface area contributed by atoms with Crippen LogP contribution in [0, 0.1) is 11.8 Å². The summed E-state index contributed by atoms with van der Waals surface area (Å²) in [6.07, 6.45) is 0.700. The van der Waals surface area contributed by atoms with Crippen molar-refractivity contribution in [3.05, 3.63) is 29.8 Å². The van der Waals surface area contributed by atoms with Crippen LogP contribution in [-0.4, -0.2) is 24.7 Å². The van der Waals surface area contributed by atoms with Crippen molar-refractivity contribution in [1.29, 1.82) is 0 Å². The molecule has 0 atom stereocenters. The van der Waals surface area contributed by atoms with Crippen molar-refractivity contribution in [2.24, 2.45) is 0 Å². The number of ether oxygens (including phenoxy) is 2. The highest BCUT2D eigenvalue weighted by atomic mass is 35.5. The maximum Gasteiger partial charge on any atom is 0.120 e. The Kier molecular flexibility index (Phi) is 6.77. The number of halogens is 1. The molecule has 0 aliphatic heterocycles. The number of alkyl halides is 1. The second-order valence-electron chi connectivity index (χ2n) is 5.08. The van der Waals surface area contributed by atoms with Gasteiger partial charge in [0.1, 0.15) is 12.4 Å². The highest BCUT2D eigenvalue weighted by molar-refractivity contribution is 6.18. The number of hydrogen-bond acceptors (Lipinski definition) is 2. The van der Waals surface area contributed by atoms with E-state index in [1.807, 2.05) is 45.0 Å². The predicted molar refractivity (Wildman–Crippen MR) is 79.9 cm³/mol. The first kappa shape index (κ1) is 15.9. The van der Waals surface area contributed by atoms with Crippen LogP contribution in [0.3, 0.4) is 0 Å². The van der Waals surface area contributed by atoms with Crippen LogP contribution in [0.15, 0.2) is 24.3 Å². The molecule has 2 nitrogen and oxygen atoms in total. The molecule has 0 bridgehead atoms. The molecule has 0 saturated carbocycles. The first-order valence-corrected chi connectivity index (χ1v) is 6.96. The van der Waals surface area contributed by atoms with E-state index in [0.29, 0.717) is 25.5 Å². The molecule has 0 aromatic heterocycles. The molecule has 19 heavy (non-hydrogen) atoms. The zero-order valence-electron chi connectivity index (χ0n) is 11.8. The minimum absolute atomic E-state index is 0.127. The SMILES string of the molecule is CC(C)(C)OCCOc1cccc(C#CCCCl)c1. The molecule has 104 valence electrons. The van der Waals surface area contributed by atoms with Crippen molar-refractivity contribution in [2.45, 2.75) is 32.8 Å². The molecule has 0 fully saturated rings. The number of hydrogen-bond donors (Lipinski definition) is 0. The summed E-state index contributed by atoms with van der Waals surface area (Å²) in [4.78, 5) is 0. The molecule has 0 N–H and O–H groups in total. The third-order valence-corrected chi connectivity index (χ3v) is 2.36. The Balaban J connectivity index is 2.43. The summed E-state index contributed by atoms with van der Waals surface area (Å²) in [7, 11) is 0. The number of rotatable bonds is 5. The van der Waals surface area contributed by atoms with Crippen LogP contribution in [0.5, 0.6) is 5.75 Å². The Morgan fingerprint density at radius 2 is 2.00 bits per heavy atom. The Labute approximate surface area is 121 Å². The Morgan fingerprint density at radius 3 is 2.68 bits per heavy atom. The van der Waals surface area contributed by atoms with Gasteiger partial charge >= 0.3 is 0 Å². The van der Waals surface area contributed by atoms with Crippen molar-refractivity contribution >= 4 is 11.6 Å². The van der Waals surface area contributed by atoms with Gasteiger partial charge in [-0.3, -0.25) is 0 Å². The van der Waals surface area contributed by atoms with E-state index in [9.17, 15) is 0 Å². The lowest BCUT2D eigenvalue weighted by Gasteiger charge is -2.19. The average molecular weight is 281 g/mol. The van der Waals surface area contributed by atoms with Crippen molar-refractivity contribution in [3.63, 3.8) is 0 Å². The van der Waals surface area contributed by atoms with E-state index < -0.39 is 0 Å². The molecule has 0 aliphatic rings. The normalized spacial score (nSPS) is 10.7. The van der Waals surface area contributed by atoms with Gasteiger partial charge in [0.15, 0.2) is 0 Å². The first-order valence-electron chi connectivity index (χ1n) is 6.43. The molecule has 0 amide bonds. The lowest BCUT2D eigenvalue weighted by atomic mass is 10.2. The van der Waals surface area contributed by atoms with E-state index in [-0.39, 0.29) is 5.60 Å². The molecule has 0 radical (unpaired) electrons. The fourth-order valence-corrected chi connectivity index (χ4v) is 1.48. The van der Waals surface area contributed by atoms with Gasteiger partial charge in [-0.2, -0.15) is 0 Å². The molecule has 3 heteroatoms. The first-order chi connectivity index (χ1) is 9.01. The van der Waals surface area contributed by atoms with Crippen LogP contribution in [-0.2, 0) is 4.74 Å². The van der Waals surface area contributed by atoms with Gasteiger partial charge in [0.2, 0.25) is 0 Å². The van der Waals surface area contributed by atoms with Gasteiger partial charge in [-0.15, -0.1) is 11.6 Å². The minimum Gasteiger partial charge on any atom is -0.491 e.